The molecule has 0 bridgehead atoms. The molecule has 82 valence electrons. The molecule has 1 aliphatic rings. The van der Waals surface area contributed by atoms with Crippen molar-refractivity contribution < 1.29 is 0 Å². The number of hydrogen-bond acceptors (Lipinski definition) is 1. The summed E-state index contributed by atoms with van der Waals surface area (Å²) in [5, 5.41) is 4.98. The van der Waals surface area contributed by atoms with E-state index < -0.39 is 0 Å². The zero-order valence-corrected chi connectivity index (χ0v) is 10.6. The molecule has 1 nitrogen and oxygen atoms in total. The first-order valence-corrected chi connectivity index (χ1v) is 6.12. The number of rotatable bonds is 3. The summed E-state index contributed by atoms with van der Waals surface area (Å²) in [6.45, 7) is 2.09. The number of hydrogen-bond donors (Lipinski definition) is 1. The first-order chi connectivity index (χ1) is 7.09. The smallest absolute Gasteiger partial charge is 0.0781 e. The van der Waals surface area contributed by atoms with Gasteiger partial charge in [0.25, 0.3) is 0 Å². The lowest BCUT2D eigenvalue weighted by Gasteiger charge is -2.16. The minimum absolute atomic E-state index is 0.222. The lowest BCUT2D eigenvalue weighted by Crippen LogP contribution is -2.20. The van der Waals surface area contributed by atoms with E-state index in [1.807, 2.05) is 6.07 Å². The molecule has 0 heterocycles. The summed E-state index contributed by atoms with van der Waals surface area (Å²) in [4.78, 5) is 0. The predicted octanol–water partition coefficient (Wildman–Crippen LogP) is 4.46. The first-order valence-electron chi connectivity index (χ1n) is 4.99. The Balaban J connectivity index is 2.22. The molecule has 0 radical (unpaired) electrons. The maximum atomic E-state index is 6.14. The molecule has 0 aliphatic heterocycles. The highest BCUT2D eigenvalue weighted by Crippen LogP contribution is 2.36. The van der Waals surface area contributed by atoms with E-state index >= 15 is 0 Å². The van der Waals surface area contributed by atoms with E-state index in [1.165, 1.54) is 12.8 Å². The molecule has 1 atom stereocenters. The molecule has 4 heteroatoms. The second-order valence-corrected chi connectivity index (χ2v) is 5.09. The molecule has 0 amide bonds. The number of benzene rings is 1. The molecule has 1 fully saturated rings. The van der Waals surface area contributed by atoms with Crippen LogP contribution in [0.5, 0.6) is 0 Å². The van der Waals surface area contributed by atoms with Gasteiger partial charge in [0.2, 0.25) is 0 Å². The molecule has 1 aromatic carbocycles. The average Bonchev–Trinajstić information content (AvgIpc) is 2.98. The van der Waals surface area contributed by atoms with Crippen LogP contribution in [0.25, 0.3) is 0 Å². The Labute approximate surface area is 105 Å². The fraction of sp³-hybridized carbons (Fsp3) is 0.455. The Morgan fingerprint density at radius 1 is 1.20 bits per heavy atom. The van der Waals surface area contributed by atoms with E-state index in [9.17, 15) is 0 Å². The maximum Gasteiger partial charge on any atom is 0.0781 e. The minimum atomic E-state index is 0.222. The Bertz CT molecular complexity index is 374. The molecule has 1 aromatic rings. The van der Waals surface area contributed by atoms with Crippen molar-refractivity contribution in [2.75, 3.05) is 0 Å². The van der Waals surface area contributed by atoms with Gasteiger partial charge in [-0.1, -0.05) is 40.9 Å². The molecule has 1 N–H and O–H groups in total. The van der Waals surface area contributed by atoms with Gasteiger partial charge in [0.15, 0.2) is 0 Å². The average molecular weight is 265 g/mol. The van der Waals surface area contributed by atoms with Crippen molar-refractivity contribution in [3.05, 3.63) is 32.8 Å². The van der Waals surface area contributed by atoms with Gasteiger partial charge < -0.3 is 5.32 Å². The van der Waals surface area contributed by atoms with E-state index in [4.69, 9.17) is 34.8 Å². The van der Waals surface area contributed by atoms with E-state index in [-0.39, 0.29) is 6.04 Å². The summed E-state index contributed by atoms with van der Waals surface area (Å²) >= 11 is 18.0. The highest BCUT2D eigenvalue weighted by Gasteiger charge is 2.24. The minimum Gasteiger partial charge on any atom is -0.307 e. The normalized spacial score (nSPS) is 17.9. The van der Waals surface area contributed by atoms with Crippen LogP contribution in [0.2, 0.25) is 15.1 Å². The Kier molecular flexibility index (Phi) is 3.46. The fourth-order valence-electron chi connectivity index (χ4n) is 1.57. The number of nitrogens with one attached hydrogen (secondary N) is 1. The highest BCUT2D eigenvalue weighted by atomic mass is 35.5. The van der Waals surface area contributed by atoms with Crippen LogP contribution in [0.3, 0.4) is 0 Å². The van der Waals surface area contributed by atoms with Crippen LogP contribution in [0, 0.1) is 0 Å². The van der Waals surface area contributed by atoms with Crippen molar-refractivity contribution in [3.8, 4) is 0 Å². The summed E-state index contributed by atoms with van der Waals surface area (Å²) in [6.07, 6.45) is 2.51. The standard InChI is InChI=1S/C11H12Cl3N/c1-6(15-7-2-3-7)8-4-5-9(12)11(14)10(8)13/h4-7,15H,2-3H2,1H3/t6-/m0/s1. The first kappa shape index (κ1) is 11.5. The van der Waals surface area contributed by atoms with Gasteiger partial charge in [-0.15, -0.1) is 0 Å². The zero-order valence-electron chi connectivity index (χ0n) is 8.36. The molecule has 0 unspecified atom stereocenters. The van der Waals surface area contributed by atoms with Crippen LogP contribution in [0.15, 0.2) is 12.1 Å². The van der Waals surface area contributed by atoms with Gasteiger partial charge in [0.1, 0.15) is 0 Å². The van der Waals surface area contributed by atoms with Crippen molar-refractivity contribution in [2.45, 2.75) is 31.8 Å². The second kappa shape index (κ2) is 4.50. The topological polar surface area (TPSA) is 12.0 Å². The second-order valence-electron chi connectivity index (χ2n) is 3.93. The molecule has 0 spiro atoms. The summed E-state index contributed by atoms with van der Waals surface area (Å²) in [7, 11) is 0. The van der Waals surface area contributed by atoms with Crippen molar-refractivity contribution >= 4 is 34.8 Å². The third-order valence-electron chi connectivity index (χ3n) is 2.59. The Morgan fingerprint density at radius 3 is 2.47 bits per heavy atom. The van der Waals surface area contributed by atoms with Gasteiger partial charge in [-0.05, 0) is 31.4 Å². The highest BCUT2D eigenvalue weighted by molar-refractivity contribution is 6.48. The molecule has 2 rings (SSSR count). The van der Waals surface area contributed by atoms with Gasteiger partial charge in [-0.25, -0.2) is 0 Å². The molecule has 1 aliphatic carbocycles. The van der Waals surface area contributed by atoms with Crippen molar-refractivity contribution in [3.63, 3.8) is 0 Å². The van der Waals surface area contributed by atoms with Crippen molar-refractivity contribution in [1.29, 1.82) is 0 Å². The molecule has 1 saturated carbocycles. The van der Waals surface area contributed by atoms with Crippen molar-refractivity contribution in [1.82, 2.24) is 5.32 Å². The zero-order chi connectivity index (χ0) is 11.0. The predicted molar refractivity (Wildman–Crippen MR) is 66.0 cm³/mol. The van der Waals surface area contributed by atoms with E-state index in [2.05, 4.69) is 12.2 Å². The van der Waals surface area contributed by atoms with Crippen LogP contribution in [-0.2, 0) is 0 Å². The summed E-state index contributed by atoms with van der Waals surface area (Å²) < 4.78 is 0. The molecular formula is C11H12Cl3N. The Hall–Kier alpha value is 0.0500. The lowest BCUT2D eigenvalue weighted by atomic mass is 10.1. The Morgan fingerprint density at radius 2 is 1.87 bits per heavy atom. The summed E-state index contributed by atoms with van der Waals surface area (Å²) in [6, 6.07) is 4.58. The van der Waals surface area contributed by atoms with Crippen LogP contribution in [0.1, 0.15) is 31.4 Å². The third-order valence-corrected chi connectivity index (χ3v) is 3.90. The lowest BCUT2D eigenvalue weighted by molar-refractivity contribution is 0.571. The van der Waals surface area contributed by atoms with Crippen LogP contribution in [0.4, 0.5) is 0 Å². The van der Waals surface area contributed by atoms with Gasteiger partial charge in [0, 0.05) is 12.1 Å². The van der Waals surface area contributed by atoms with Gasteiger partial charge in [0.05, 0.1) is 15.1 Å². The third kappa shape index (κ3) is 2.59. The van der Waals surface area contributed by atoms with Gasteiger partial charge >= 0.3 is 0 Å². The van der Waals surface area contributed by atoms with E-state index in [0.717, 1.165) is 5.56 Å². The number of halogens is 3. The van der Waals surface area contributed by atoms with Crippen LogP contribution in [-0.4, -0.2) is 6.04 Å². The van der Waals surface area contributed by atoms with Crippen LogP contribution < -0.4 is 5.32 Å². The summed E-state index contributed by atoms with van der Waals surface area (Å²) in [5.41, 5.74) is 1.01. The molecule has 0 aromatic heterocycles. The molecule has 0 saturated heterocycles. The molecular weight excluding hydrogens is 252 g/mol. The SMILES string of the molecule is C[C@H](NC1CC1)c1ccc(Cl)c(Cl)c1Cl. The molecule has 15 heavy (non-hydrogen) atoms. The van der Waals surface area contributed by atoms with Crippen molar-refractivity contribution in [2.24, 2.45) is 0 Å². The van der Waals surface area contributed by atoms with E-state index in [1.54, 1.807) is 6.07 Å². The quantitative estimate of drug-likeness (QED) is 0.795. The van der Waals surface area contributed by atoms with Gasteiger partial charge in [-0.3, -0.25) is 0 Å². The van der Waals surface area contributed by atoms with Gasteiger partial charge in [-0.2, -0.15) is 0 Å². The van der Waals surface area contributed by atoms with E-state index in [0.29, 0.717) is 21.1 Å². The maximum absolute atomic E-state index is 6.14. The monoisotopic (exact) mass is 263 g/mol. The van der Waals surface area contributed by atoms with Crippen LogP contribution >= 0.6 is 34.8 Å². The largest absolute Gasteiger partial charge is 0.307 e. The summed E-state index contributed by atoms with van der Waals surface area (Å²) in [5.74, 6) is 0. The fourth-order valence-corrected chi connectivity index (χ4v) is 2.28.